The van der Waals surface area contributed by atoms with Gasteiger partial charge in [0.1, 0.15) is 29.7 Å². The monoisotopic (exact) mass is 591 g/mol. The van der Waals surface area contributed by atoms with Crippen LogP contribution in [0.15, 0.2) is 11.8 Å². The van der Waals surface area contributed by atoms with Gasteiger partial charge in [-0.1, -0.05) is 0 Å². The van der Waals surface area contributed by atoms with E-state index in [2.05, 4.69) is 16.0 Å². The molecular weight excluding hydrogens is 538 g/mol. The van der Waals surface area contributed by atoms with Crippen LogP contribution in [-0.2, 0) is 14.2 Å². The van der Waals surface area contributed by atoms with E-state index in [1.807, 2.05) is 6.08 Å². The van der Waals surface area contributed by atoms with Gasteiger partial charge in [-0.2, -0.15) is 0 Å². The molecule has 0 bridgehead atoms. The fourth-order valence-electron chi connectivity index (χ4n) is 6.16. The Balaban J connectivity index is 1.86. The molecule has 41 heavy (non-hydrogen) atoms. The zero-order chi connectivity index (χ0) is 30.3. The molecule has 1 saturated carbocycles. The molecule has 15 heteroatoms. The van der Waals surface area contributed by atoms with E-state index in [0.29, 0.717) is 31.6 Å². The maximum atomic E-state index is 11.9. The van der Waals surface area contributed by atoms with Crippen LogP contribution in [0.25, 0.3) is 0 Å². The van der Waals surface area contributed by atoms with Gasteiger partial charge in [-0.15, -0.1) is 0 Å². The fraction of sp³-hybridized carbons (Fsp3) is 0.923. The molecule has 0 aromatic rings. The highest BCUT2D eigenvalue weighted by Gasteiger charge is 2.53. The van der Waals surface area contributed by atoms with E-state index >= 15 is 0 Å². The van der Waals surface area contributed by atoms with E-state index in [0.717, 1.165) is 0 Å². The van der Waals surface area contributed by atoms with Gasteiger partial charge in [-0.05, 0) is 45.9 Å². The van der Waals surface area contributed by atoms with Gasteiger partial charge in [0, 0.05) is 43.7 Å². The normalized spacial score (nSPS) is 41.4. The molecule has 13 atom stereocenters. The van der Waals surface area contributed by atoms with Crippen molar-refractivity contribution < 1.29 is 39.7 Å². The largest absolute Gasteiger partial charge is 0.492 e. The Labute approximate surface area is 241 Å². The minimum absolute atomic E-state index is 0.0410. The number of nitrogens with one attached hydrogen (secondary N) is 3. The maximum absolute atomic E-state index is 11.9. The van der Waals surface area contributed by atoms with E-state index in [4.69, 9.17) is 37.1 Å². The first-order chi connectivity index (χ1) is 19.5. The van der Waals surface area contributed by atoms with Crippen molar-refractivity contribution in [3.63, 3.8) is 0 Å². The van der Waals surface area contributed by atoms with Crippen LogP contribution in [0, 0.1) is 5.92 Å². The molecule has 3 unspecified atom stereocenters. The van der Waals surface area contributed by atoms with Crippen molar-refractivity contribution >= 4 is 0 Å². The lowest BCUT2D eigenvalue weighted by molar-refractivity contribution is -0.298. The van der Waals surface area contributed by atoms with Crippen LogP contribution in [0.4, 0.5) is 0 Å². The van der Waals surface area contributed by atoms with Gasteiger partial charge in [-0.25, -0.2) is 0 Å². The molecule has 3 rings (SSSR count). The summed E-state index contributed by atoms with van der Waals surface area (Å²) in [4.78, 5) is 0. The van der Waals surface area contributed by atoms with E-state index in [-0.39, 0.29) is 38.8 Å². The quantitative estimate of drug-likeness (QED) is 0.0899. The molecule has 2 fully saturated rings. The molecular formula is C26H53N7O8. The van der Waals surface area contributed by atoms with Gasteiger partial charge in [0.15, 0.2) is 6.29 Å². The van der Waals surface area contributed by atoms with Gasteiger partial charge in [0.05, 0.1) is 37.5 Å². The zero-order valence-corrected chi connectivity index (χ0v) is 24.1. The summed E-state index contributed by atoms with van der Waals surface area (Å²) in [5, 5.41) is 63.4. The van der Waals surface area contributed by atoms with Crippen LogP contribution in [-0.4, -0.2) is 145 Å². The molecule has 1 saturated heterocycles. The first kappa shape index (κ1) is 34.5. The minimum Gasteiger partial charge on any atom is -0.492 e. The molecule has 2 heterocycles. The third kappa shape index (κ3) is 8.55. The lowest BCUT2D eigenvalue weighted by Crippen LogP contribution is -2.69. The molecule has 3 aliphatic rings. The van der Waals surface area contributed by atoms with Crippen LogP contribution in [0.1, 0.15) is 26.2 Å². The second-order valence-electron chi connectivity index (χ2n) is 11.7. The lowest BCUT2D eigenvalue weighted by atomic mass is 9.72. The topological polar surface area (TPSA) is 269 Å². The molecule has 15 nitrogen and oxygen atoms in total. The maximum Gasteiger partial charge on any atom is 0.185 e. The Morgan fingerprint density at radius 2 is 1.78 bits per heavy atom. The third-order valence-corrected chi connectivity index (χ3v) is 8.45. The number of nitrogens with two attached hydrogens (primary N) is 4. The number of aliphatic hydroxyl groups is 5. The number of aliphatic hydroxyl groups excluding tert-OH is 4. The Hall–Kier alpha value is -1.02. The Kier molecular flexibility index (Phi) is 13.1. The predicted octanol–water partition coefficient (Wildman–Crippen LogP) is -5.29. The van der Waals surface area contributed by atoms with Crippen molar-refractivity contribution in [2.24, 2.45) is 28.9 Å². The first-order valence-electron chi connectivity index (χ1n) is 14.5. The lowest BCUT2D eigenvalue weighted by Gasteiger charge is -2.51. The molecule has 0 spiro atoms. The summed E-state index contributed by atoms with van der Waals surface area (Å²) >= 11 is 0. The fourth-order valence-corrected chi connectivity index (χ4v) is 6.16. The average Bonchev–Trinajstić information content (AvgIpc) is 2.93. The first-order valence-corrected chi connectivity index (χ1v) is 14.5. The summed E-state index contributed by atoms with van der Waals surface area (Å²) in [7, 11) is 1.62. The van der Waals surface area contributed by atoms with Gasteiger partial charge in [0.2, 0.25) is 0 Å². The van der Waals surface area contributed by atoms with Crippen LogP contribution < -0.4 is 38.9 Å². The Bertz CT molecular complexity index is 827. The predicted molar refractivity (Wildman–Crippen MR) is 151 cm³/mol. The SMILES string of the molecule is CN[C@@H]1[C@@H](O)[C@@H](O[C@H]2[C@H](NCC(O)CN)C[C@H](N)C([C@H]3OC(CN)=CC[C@H]3NCC(O)CCN)[C@@H]2O)OC[C@]1(C)O. The average molecular weight is 592 g/mol. The van der Waals surface area contributed by atoms with Crippen LogP contribution in [0.3, 0.4) is 0 Å². The number of ether oxygens (including phenoxy) is 3. The number of hydrogen-bond acceptors (Lipinski definition) is 15. The molecule has 1 aliphatic carbocycles. The third-order valence-electron chi connectivity index (χ3n) is 8.45. The molecule has 0 aromatic heterocycles. The smallest absolute Gasteiger partial charge is 0.185 e. The minimum atomic E-state index is -1.35. The van der Waals surface area contributed by atoms with E-state index < -0.39 is 72.6 Å². The zero-order valence-electron chi connectivity index (χ0n) is 24.1. The van der Waals surface area contributed by atoms with Crippen molar-refractivity contribution in [3.05, 3.63) is 11.8 Å². The number of rotatable bonds is 14. The van der Waals surface area contributed by atoms with Crippen molar-refractivity contribution in [2.75, 3.05) is 46.4 Å². The van der Waals surface area contributed by atoms with E-state index in [9.17, 15) is 25.5 Å². The van der Waals surface area contributed by atoms with E-state index in [1.54, 1.807) is 14.0 Å². The summed E-state index contributed by atoms with van der Waals surface area (Å²) < 4.78 is 18.3. The van der Waals surface area contributed by atoms with Gasteiger partial charge < -0.3 is 78.6 Å². The van der Waals surface area contributed by atoms with Crippen LogP contribution in [0.5, 0.6) is 0 Å². The summed E-state index contributed by atoms with van der Waals surface area (Å²) in [5.74, 6) is -0.0651. The van der Waals surface area contributed by atoms with Crippen molar-refractivity contribution in [3.8, 4) is 0 Å². The van der Waals surface area contributed by atoms with Gasteiger partial charge in [-0.3, -0.25) is 0 Å². The standard InChI is InChI=1S/C26H53N7O8/c1-26(38)12-39-25(21(37)24(26)31-2)41-23-18(33-11-14(35)8-28)7-16(30)19(20(23)36)22-17(4-3-15(9-29)40-22)32-10-13(34)5-6-27/h3,13-14,16-25,31-38H,4-12,27-30H2,1-2H3/t13?,14?,16-,17+,18+,19?,20-,21+,22-,23-,24+,25+,26-/m0/s1. The number of hydrogen-bond donors (Lipinski definition) is 12. The highest BCUT2D eigenvalue weighted by Crippen LogP contribution is 2.37. The Morgan fingerprint density at radius 3 is 2.41 bits per heavy atom. The molecule has 0 radical (unpaired) electrons. The molecule has 0 amide bonds. The van der Waals surface area contributed by atoms with Crippen molar-refractivity contribution in [1.82, 2.24) is 16.0 Å². The van der Waals surface area contributed by atoms with Crippen molar-refractivity contribution in [1.29, 1.82) is 0 Å². The molecule has 16 N–H and O–H groups in total. The molecule has 240 valence electrons. The van der Waals surface area contributed by atoms with Crippen LogP contribution >= 0.6 is 0 Å². The van der Waals surface area contributed by atoms with Crippen LogP contribution in [0.2, 0.25) is 0 Å². The number of likely N-dealkylation sites (N-methyl/N-ethyl adjacent to an activating group) is 1. The van der Waals surface area contributed by atoms with Gasteiger partial charge >= 0.3 is 0 Å². The van der Waals surface area contributed by atoms with Crippen molar-refractivity contribution in [2.45, 2.75) is 98.9 Å². The van der Waals surface area contributed by atoms with Gasteiger partial charge in [0.25, 0.3) is 0 Å². The summed E-state index contributed by atoms with van der Waals surface area (Å²) in [5.41, 5.74) is 22.4. The summed E-state index contributed by atoms with van der Waals surface area (Å²) in [6.07, 6.45) is -3.45. The highest BCUT2D eigenvalue weighted by atomic mass is 16.7. The summed E-state index contributed by atoms with van der Waals surface area (Å²) in [6.45, 7) is 2.42. The molecule has 0 aromatic carbocycles. The molecule has 2 aliphatic heterocycles. The summed E-state index contributed by atoms with van der Waals surface area (Å²) in [6, 6.07) is -2.14. The second kappa shape index (κ2) is 15.6. The highest BCUT2D eigenvalue weighted by molar-refractivity contribution is 5.11. The van der Waals surface area contributed by atoms with E-state index in [1.165, 1.54) is 0 Å². The Morgan fingerprint density at radius 1 is 1.10 bits per heavy atom. The second-order valence-corrected chi connectivity index (χ2v) is 11.7.